The van der Waals surface area contributed by atoms with Crippen molar-refractivity contribution < 1.29 is 9.53 Å². The van der Waals surface area contributed by atoms with Crippen LogP contribution < -0.4 is 15.4 Å². The van der Waals surface area contributed by atoms with Crippen molar-refractivity contribution in [1.82, 2.24) is 10.6 Å². The maximum absolute atomic E-state index is 12.4. The van der Waals surface area contributed by atoms with Crippen LogP contribution in [0.5, 0.6) is 5.75 Å². The smallest absolute Gasteiger partial charge is 0.220 e. The van der Waals surface area contributed by atoms with Crippen LogP contribution in [0, 0.1) is 17.8 Å². The van der Waals surface area contributed by atoms with Gasteiger partial charge in [0.25, 0.3) is 0 Å². The van der Waals surface area contributed by atoms with Gasteiger partial charge in [0.05, 0.1) is 12.6 Å². The number of rotatable bonds is 8. The molecule has 1 saturated heterocycles. The molecular formula is C21H34N2O2. The highest BCUT2D eigenvalue weighted by molar-refractivity contribution is 5.76. The molecule has 0 bridgehead atoms. The van der Waals surface area contributed by atoms with E-state index < -0.39 is 0 Å². The number of hydrogen-bond donors (Lipinski definition) is 2. The van der Waals surface area contributed by atoms with Crippen molar-refractivity contribution in [2.24, 2.45) is 17.8 Å². The highest BCUT2D eigenvalue weighted by atomic mass is 16.5. The zero-order chi connectivity index (χ0) is 18.2. The molecule has 25 heavy (non-hydrogen) atoms. The number of ether oxygens (including phenoxy) is 1. The Kier molecular flexibility index (Phi) is 7.76. The molecule has 1 aliphatic rings. The number of nitrogens with one attached hydrogen (secondary N) is 2. The fraction of sp³-hybridized carbons (Fsp3) is 0.667. The highest BCUT2D eigenvalue weighted by Gasteiger charge is 2.22. The summed E-state index contributed by atoms with van der Waals surface area (Å²) in [6.45, 7) is 11.4. The molecule has 2 unspecified atom stereocenters. The van der Waals surface area contributed by atoms with Gasteiger partial charge in [-0.05, 0) is 68.3 Å². The molecule has 1 aromatic carbocycles. The van der Waals surface area contributed by atoms with E-state index in [0.29, 0.717) is 24.2 Å². The molecule has 1 aromatic rings. The maximum Gasteiger partial charge on any atom is 0.220 e. The minimum atomic E-state index is 0.0203. The zero-order valence-corrected chi connectivity index (χ0v) is 16.2. The average molecular weight is 347 g/mol. The third-order valence-electron chi connectivity index (χ3n) is 5.04. The Bertz CT molecular complexity index is 521. The van der Waals surface area contributed by atoms with Crippen molar-refractivity contribution in [2.75, 3.05) is 19.7 Å². The number of carbonyl (C=O) groups is 1. The second kappa shape index (κ2) is 9.81. The second-order valence-electron chi connectivity index (χ2n) is 7.83. The van der Waals surface area contributed by atoms with E-state index in [0.717, 1.165) is 31.0 Å². The lowest BCUT2D eigenvalue weighted by Gasteiger charge is -2.28. The Morgan fingerprint density at radius 1 is 1.16 bits per heavy atom. The number of amides is 1. The molecule has 0 aliphatic carbocycles. The van der Waals surface area contributed by atoms with E-state index in [1.165, 1.54) is 12.8 Å². The molecule has 4 nitrogen and oxygen atoms in total. The van der Waals surface area contributed by atoms with Crippen LogP contribution in [0.15, 0.2) is 24.3 Å². The summed E-state index contributed by atoms with van der Waals surface area (Å²) in [6, 6.07) is 8.07. The summed E-state index contributed by atoms with van der Waals surface area (Å²) in [4.78, 5) is 12.4. The Morgan fingerprint density at radius 3 is 2.40 bits per heavy atom. The topological polar surface area (TPSA) is 50.4 Å². The van der Waals surface area contributed by atoms with Crippen molar-refractivity contribution >= 4 is 5.91 Å². The van der Waals surface area contributed by atoms with Gasteiger partial charge in [0.15, 0.2) is 0 Å². The summed E-state index contributed by atoms with van der Waals surface area (Å²) in [5.74, 6) is 2.66. The SMILES string of the molecule is CC(C)COc1ccc(C(C)NC(=O)CC(C)C2CCNCC2)cc1. The van der Waals surface area contributed by atoms with Gasteiger partial charge in [-0.1, -0.05) is 32.9 Å². The second-order valence-corrected chi connectivity index (χ2v) is 7.83. The zero-order valence-electron chi connectivity index (χ0n) is 16.2. The van der Waals surface area contributed by atoms with Crippen molar-refractivity contribution in [3.63, 3.8) is 0 Å². The van der Waals surface area contributed by atoms with E-state index >= 15 is 0 Å². The first-order valence-electron chi connectivity index (χ1n) is 9.68. The average Bonchev–Trinajstić information content (AvgIpc) is 2.61. The number of hydrogen-bond acceptors (Lipinski definition) is 3. The fourth-order valence-electron chi connectivity index (χ4n) is 3.37. The lowest BCUT2D eigenvalue weighted by atomic mass is 9.84. The standard InChI is InChI=1S/C21H34N2O2/c1-15(2)14-25-20-7-5-19(6-8-20)17(4)23-21(24)13-16(3)18-9-11-22-12-10-18/h5-8,15-18,22H,9-14H2,1-4H3,(H,23,24). The van der Waals surface area contributed by atoms with E-state index in [-0.39, 0.29) is 11.9 Å². The normalized spacial score (nSPS) is 18.0. The van der Waals surface area contributed by atoms with Crippen molar-refractivity contribution in [3.05, 3.63) is 29.8 Å². The summed E-state index contributed by atoms with van der Waals surface area (Å²) in [6.07, 6.45) is 2.98. The lowest BCUT2D eigenvalue weighted by Crippen LogP contribution is -2.34. The van der Waals surface area contributed by atoms with Gasteiger partial charge in [-0.25, -0.2) is 0 Å². The molecule has 140 valence electrons. The third-order valence-corrected chi connectivity index (χ3v) is 5.04. The quantitative estimate of drug-likeness (QED) is 0.750. The minimum Gasteiger partial charge on any atom is -0.493 e. The predicted octanol–water partition coefficient (Wildman–Crippen LogP) is 3.92. The first kappa shape index (κ1) is 19.8. The van der Waals surface area contributed by atoms with Crippen molar-refractivity contribution in [1.29, 1.82) is 0 Å². The molecule has 0 saturated carbocycles. The van der Waals surface area contributed by atoms with Gasteiger partial charge in [-0.3, -0.25) is 4.79 Å². The Hall–Kier alpha value is -1.55. The summed E-state index contributed by atoms with van der Waals surface area (Å²) >= 11 is 0. The lowest BCUT2D eigenvalue weighted by molar-refractivity contribution is -0.123. The molecular weight excluding hydrogens is 312 g/mol. The van der Waals surface area contributed by atoms with Crippen molar-refractivity contribution in [2.45, 2.75) is 53.0 Å². The summed E-state index contributed by atoms with van der Waals surface area (Å²) < 4.78 is 5.71. The van der Waals surface area contributed by atoms with Crippen molar-refractivity contribution in [3.8, 4) is 5.75 Å². The molecule has 2 atom stereocenters. The van der Waals surface area contributed by atoms with Gasteiger partial charge >= 0.3 is 0 Å². The summed E-state index contributed by atoms with van der Waals surface area (Å²) in [5, 5.41) is 6.53. The van der Waals surface area contributed by atoms with Crippen LogP contribution in [0.25, 0.3) is 0 Å². The third kappa shape index (κ3) is 6.69. The molecule has 0 radical (unpaired) electrons. The van der Waals surface area contributed by atoms with Gasteiger partial charge in [0.2, 0.25) is 5.91 Å². The first-order valence-corrected chi connectivity index (χ1v) is 9.68. The highest BCUT2D eigenvalue weighted by Crippen LogP contribution is 2.25. The Balaban J connectivity index is 1.79. The first-order chi connectivity index (χ1) is 12.0. The van der Waals surface area contributed by atoms with E-state index in [1.54, 1.807) is 0 Å². The van der Waals surface area contributed by atoms with Gasteiger partial charge < -0.3 is 15.4 Å². The van der Waals surface area contributed by atoms with Crippen LogP contribution in [-0.2, 0) is 4.79 Å². The van der Waals surface area contributed by atoms with Gasteiger partial charge in [0, 0.05) is 6.42 Å². The molecule has 1 heterocycles. The number of carbonyl (C=O) groups excluding carboxylic acids is 1. The predicted molar refractivity (Wildman–Crippen MR) is 103 cm³/mol. The van der Waals surface area contributed by atoms with Crippen LogP contribution in [0.4, 0.5) is 0 Å². The van der Waals surface area contributed by atoms with E-state index in [1.807, 2.05) is 31.2 Å². The molecule has 2 N–H and O–H groups in total. The van der Waals surface area contributed by atoms with Gasteiger partial charge in [-0.2, -0.15) is 0 Å². The van der Waals surface area contributed by atoms with Crippen LogP contribution >= 0.6 is 0 Å². The minimum absolute atomic E-state index is 0.0203. The Labute approximate surface area is 152 Å². The van der Waals surface area contributed by atoms with Crippen LogP contribution in [0.1, 0.15) is 58.6 Å². The number of benzene rings is 1. The van der Waals surface area contributed by atoms with Crippen LogP contribution in [0.3, 0.4) is 0 Å². The summed E-state index contributed by atoms with van der Waals surface area (Å²) in [7, 11) is 0. The number of piperidine rings is 1. The van der Waals surface area contributed by atoms with Gasteiger partial charge in [0.1, 0.15) is 5.75 Å². The van der Waals surface area contributed by atoms with Crippen LogP contribution in [0.2, 0.25) is 0 Å². The molecule has 0 spiro atoms. The largest absolute Gasteiger partial charge is 0.493 e. The molecule has 1 fully saturated rings. The van der Waals surface area contributed by atoms with E-state index in [4.69, 9.17) is 4.74 Å². The maximum atomic E-state index is 12.4. The monoisotopic (exact) mass is 346 g/mol. The van der Waals surface area contributed by atoms with E-state index in [9.17, 15) is 4.79 Å². The molecule has 1 amide bonds. The van der Waals surface area contributed by atoms with Gasteiger partial charge in [-0.15, -0.1) is 0 Å². The Morgan fingerprint density at radius 2 is 1.80 bits per heavy atom. The fourth-order valence-corrected chi connectivity index (χ4v) is 3.37. The molecule has 0 aromatic heterocycles. The molecule has 2 rings (SSSR count). The van der Waals surface area contributed by atoms with Crippen LogP contribution in [-0.4, -0.2) is 25.6 Å². The van der Waals surface area contributed by atoms with E-state index in [2.05, 4.69) is 31.4 Å². The molecule has 1 aliphatic heterocycles. The molecule has 4 heteroatoms. The summed E-state index contributed by atoms with van der Waals surface area (Å²) in [5.41, 5.74) is 1.11.